The van der Waals surface area contributed by atoms with Gasteiger partial charge in [-0.05, 0) is 78.6 Å². The van der Waals surface area contributed by atoms with E-state index in [2.05, 4.69) is 35.9 Å². The molecule has 2 saturated heterocycles. The largest absolute Gasteiger partial charge is 0.313 e. The van der Waals surface area contributed by atoms with Gasteiger partial charge in [0.2, 0.25) is 0 Å². The molecule has 0 aliphatic carbocycles. The summed E-state index contributed by atoms with van der Waals surface area (Å²) in [7, 11) is 0. The van der Waals surface area contributed by atoms with Crippen LogP contribution in [0.3, 0.4) is 0 Å². The Morgan fingerprint density at radius 3 is 2.67 bits per heavy atom. The van der Waals surface area contributed by atoms with Crippen molar-refractivity contribution in [2.45, 2.75) is 83.8 Å². The second kappa shape index (κ2) is 9.12. The highest BCUT2D eigenvalue weighted by molar-refractivity contribution is 4.84. The summed E-state index contributed by atoms with van der Waals surface area (Å²) in [6.07, 6.45) is 9.58. The number of hydrogen-bond acceptors (Lipinski definition) is 3. The van der Waals surface area contributed by atoms with Crippen LogP contribution in [0.25, 0.3) is 0 Å². The van der Waals surface area contributed by atoms with Crippen LogP contribution in [0.15, 0.2) is 0 Å². The Morgan fingerprint density at radius 2 is 2.00 bits per heavy atom. The number of nitrogens with one attached hydrogen (secondary N) is 1. The Bertz CT molecular complexity index is 274. The van der Waals surface area contributed by atoms with Crippen LogP contribution in [-0.2, 0) is 0 Å². The Labute approximate surface area is 132 Å². The highest BCUT2D eigenvalue weighted by Gasteiger charge is 2.26. The van der Waals surface area contributed by atoms with Crippen molar-refractivity contribution in [2.75, 3.05) is 32.7 Å². The molecule has 124 valence electrons. The van der Waals surface area contributed by atoms with Crippen molar-refractivity contribution < 1.29 is 0 Å². The fourth-order valence-electron chi connectivity index (χ4n) is 3.96. The van der Waals surface area contributed by atoms with Gasteiger partial charge < -0.3 is 10.2 Å². The van der Waals surface area contributed by atoms with E-state index in [1.165, 1.54) is 77.7 Å². The van der Waals surface area contributed by atoms with Gasteiger partial charge in [0.25, 0.3) is 0 Å². The molecule has 2 atom stereocenters. The lowest BCUT2D eigenvalue weighted by Gasteiger charge is -2.33. The third kappa shape index (κ3) is 5.54. The van der Waals surface area contributed by atoms with E-state index in [1.807, 2.05) is 0 Å². The van der Waals surface area contributed by atoms with Gasteiger partial charge in [0.05, 0.1) is 0 Å². The molecule has 0 saturated carbocycles. The van der Waals surface area contributed by atoms with Gasteiger partial charge >= 0.3 is 0 Å². The lowest BCUT2D eigenvalue weighted by atomic mass is 10.1. The van der Waals surface area contributed by atoms with Gasteiger partial charge in [-0.25, -0.2) is 0 Å². The maximum Gasteiger partial charge on any atom is 0.0195 e. The fourth-order valence-corrected chi connectivity index (χ4v) is 3.96. The van der Waals surface area contributed by atoms with Gasteiger partial charge in [0, 0.05) is 24.7 Å². The zero-order chi connectivity index (χ0) is 15.1. The van der Waals surface area contributed by atoms with E-state index in [-0.39, 0.29) is 0 Å². The first-order valence-electron chi connectivity index (χ1n) is 9.42. The average Bonchev–Trinajstić information content (AvgIpc) is 2.85. The smallest absolute Gasteiger partial charge is 0.0195 e. The molecule has 3 heteroatoms. The first-order valence-corrected chi connectivity index (χ1v) is 9.42. The molecule has 0 amide bonds. The molecule has 2 heterocycles. The quantitative estimate of drug-likeness (QED) is 0.778. The first kappa shape index (κ1) is 17.2. The number of rotatable bonds is 7. The molecule has 0 spiro atoms. The van der Waals surface area contributed by atoms with Crippen molar-refractivity contribution in [3.63, 3.8) is 0 Å². The summed E-state index contributed by atoms with van der Waals surface area (Å²) in [4.78, 5) is 5.50. The SMILES string of the molecule is CCCCN(CC1CCCN1)C1CCCN(C(C)C)CC1. The van der Waals surface area contributed by atoms with Crippen molar-refractivity contribution in [1.29, 1.82) is 0 Å². The Balaban J connectivity index is 1.88. The third-order valence-electron chi connectivity index (χ3n) is 5.40. The van der Waals surface area contributed by atoms with Crippen molar-refractivity contribution in [3.05, 3.63) is 0 Å². The van der Waals surface area contributed by atoms with Gasteiger partial charge in [-0.15, -0.1) is 0 Å². The number of unbranched alkanes of at least 4 members (excludes halogenated alkanes) is 1. The summed E-state index contributed by atoms with van der Waals surface area (Å²) in [5, 5.41) is 3.69. The molecule has 1 N–H and O–H groups in total. The zero-order valence-electron chi connectivity index (χ0n) is 14.6. The van der Waals surface area contributed by atoms with Crippen molar-refractivity contribution in [1.82, 2.24) is 15.1 Å². The summed E-state index contributed by atoms with van der Waals surface area (Å²) in [6.45, 7) is 13.4. The van der Waals surface area contributed by atoms with E-state index >= 15 is 0 Å². The molecular formula is C18H37N3. The van der Waals surface area contributed by atoms with Crippen molar-refractivity contribution in [2.24, 2.45) is 0 Å². The summed E-state index contributed by atoms with van der Waals surface area (Å²) >= 11 is 0. The van der Waals surface area contributed by atoms with Gasteiger partial charge in [-0.1, -0.05) is 13.3 Å². The highest BCUT2D eigenvalue weighted by Crippen LogP contribution is 2.20. The molecule has 0 aromatic rings. The predicted octanol–water partition coefficient (Wildman–Crippen LogP) is 3.10. The molecule has 0 radical (unpaired) electrons. The van der Waals surface area contributed by atoms with Crippen LogP contribution in [-0.4, -0.2) is 60.6 Å². The number of hydrogen-bond donors (Lipinski definition) is 1. The van der Waals surface area contributed by atoms with Crippen LogP contribution in [0.2, 0.25) is 0 Å². The number of nitrogens with zero attached hydrogens (tertiary/aromatic N) is 2. The summed E-state index contributed by atoms with van der Waals surface area (Å²) in [5.74, 6) is 0. The van der Waals surface area contributed by atoms with Gasteiger partial charge in [0.1, 0.15) is 0 Å². The first-order chi connectivity index (χ1) is 10.2. The molecular weight excluding hydrogens is 258 g/mol. The molecule has 3 nitrogen and oxygen atoms in total. The topological polar surface area (TPSA) is 18.5 Å². The molecule has 2 fully saturated rings. The van der Waals surface area contributed by atoms with E-state index in [0.717, 1.165) is 12.1 Å². The van der Waals surface area contributed by atoms with Crippen LogP contribution in [0.5, 0.6) is 0 Å². The molecule has 0 aromatic heterocycles. The second-order valence-corrected chi connectivity index (χ2v) is 7.36. The van der Waals surface area contributed by atoms with Gasteiger partial charge in [0.15, 0.2) is 0 Å². The lowest BCUT2D eigenvalue weighted by Crippen LogP contribution is -2.44. The molecule has 2 unspecified atom stereocenters. The molecule has 2 aliphatic heterocycles. The van der Waals surface area contributed by atoms with E-state index in [0.29, 0.717) is 6.04 Å². The fraction of sp³-hybridized carbons (Fsp3) is 1.00. The van der Waals surface area contributed by atoms with E-state index < -0.39 is 0 Å². The summed E-state index contributed by atoms with van der Waals surface area (Å²) in [5.41, 5.74) is 0. The highest BCUT2D eigenvalue weighted by atomic mass is 15.2. The molecule has 0 aromatic carbocycles. The van der Waals surface area contributed by atoms with E-state index in [9.17, 15) is 0 Å². The minimum Gasteiger partial charge on any atom is -0.313 e. The van der Waals surface area contributed by atoms with E-state index in [4.69, 9.17) is 0 Å². The number of likely N-dealkylation sites (tertiary alicyclic amines) is 1. The average molecular weight is 296 g/mol. The van der Waals surface area contributed by atoms with Gasteiger partial charge in [-0.2, -0.15) is 0 Å². The maximum absolute atomic E-state index is 3.69. The van der Waals surface area contributed by atoms with Crippen molar-refractivity contribution >= 4 is 0 Å². The molecule has 21 heavy (non-hydrogen) atoms. The molecule has 2 aliphatic rings. The Hall–Kier alpha value is -0.120. The van der Waals surface area contributed by atoms with Crippen LogP contribution < -0.4 is 5.32 Å². The second-order valence-electron chi connectivity index (χ2n) is 7.36. The molecule has 2 rings (SSSR count). The third-order valence-corrected chi connectivity index (χ3v) is 5.40. The Morgan fingerprint density at radius 1 is 1.14 bits per heavy atom. The van der Waals surface area contributed by atoms with Crippen LogP contribution >= 0.6 is 0 Å². The maximum atomic E-state index is 3.69. The summed E-state index contributed by atoms with van der Waals surface area (Å²) in [6, 6.07) is 2.29. The van der Waals surface area contributed by atoms with Crippen LogP contribution in [0, 0.1) is 0 Å². The summed E-state index contributed by atoms with van der Waals surface area (Å²) < 4.78 is 0. The zero-order valence-corrected chi connectivity index (χ0v) is 14.6. The molecule has 0 bridgehead atoms. The van der Waals surface area contributed by atoms with Crippen molar-refractivity contribution in [3.8, 4) is 0 Å². The van der Waals surface area contributed by atoms with E-state index in [1.54, 1.807) is 0 Å². The predicted molar refractivity (Wildman–Crippen MR) is 91.9 cm³/mol. The van der Waals surface area contributed by atoms with Gasteiger partial charge in [-0.3, -0.25) is 4.90 Å². The minimum atomic E-state index is 0.712. The van der Waals surface area contributed by atoms with Crippen LogP contribution in [0.4, 0.5) is 0 Å². The minimum absolute atomic E-state index is 0.712. The van der Waals surface area contributed by atoms with Crippen LogP contribution in [0.1, 0.15) is 65.7 Å². The monoisotopic (exact) mass is 295 g/mol. The standard InChI is InChI=1S/C18H37N3/c1-4-5-12-21(15-17-8-6-11-19-17)18-9-7-13-20(14-10-18)16(2)3/h16-19H,4-15H2,1-3H3. The normalized spacial score (nSPS) is 28.4. The lowest BCUT2D eigenvalue weighted by molar-refractivity contribution is 0.157. The Kier molecular flexibility index (Phi) is 7.48.